The number of nitrogens with one attached hydrogen (secondary N) is 2. The second-order valence-electron chi connectivity index (χ2n) is 17.8. The van der Waals surface area contributed by atoms with Crippen LogP contribution in [0.1, 0.15) is 101 Å². The van der Waals surface area contributed by atoms with Crippen molar-refractivity contribution in [3.63, 3.8) is 0 Å². The topological polar surface area (TPSA) is 180 Å². The Kier molecular flexibility index (Phi) is 20.9. The Morgan fingerprint density at radius 3 is 2.15 bits per heavy atom. The molecule has 9 atom stereocenters. The van der Waals surface area contributed by atoms with Gasteiger partial charge in [-0.25, -0.2) is 4.98 Å². The van der Waals surface area contributed by atoms with Gasteiger partial charge in [0.15, 0.2) is 0 Å². The first kappa shape index (κ1) is 52.4. The molecule has 1 aliphatic heterocycles. The van der Waals surface area contributed by atoms with Crippen LogP contribution in [0.3, 0.4) is 0 Å². The largest absolute Gasteiger partial charge is 0.379 e. The molecule has 0 spiro atoms. The quantitative estimate of drug-likeness (QED) is 0.138. The highest BCUT2D eigenvalue weighted by molar-refractivity contribution is 7.09. The van der Waals surface area contributed by atoms with E-state index < -0.39 is 42.3 Å². The van der Waals surface area contributed by atoms with Crippen molar-refractivity contribution < 1.29 is 33.4 Å². The second-order valence-corrected chi connectivity index (χ2v) is 18.7. The van der Waals surface area contributed by atoms with E-state index in [9.17, 15) is 24.0 Å². The predicted molar refractivity (Wildman–Crippen MR) is 244 cm³/mol. The molecule has 1 unspecified atom stereocenters. The standard InChI is InChI=1S/C46H76N8O7S/c1-14-30(6)40(53(11)46(59)38(28(2)3)50-43(57)39(29(4)5)51(8)9)36(60-12)26-37(55)54-23-18-21-35(54)41(61-13)31(7)42(56)48-33(25-32-19-16-15-17-20-32)44-49-34(27-62-44)45(58)52(10)24-22-47/h15-17,19-20,27-31,33,35-36,38-41H,14,18,21-26,47H2,1-13H3,(H,48,56)(H,50,57)/t30-,31+,33-,35-,36+,38-,39?,40-,41+/m0/s1. The fraction of sp³-hybridized carbons (Fsp3) is 0.696. The number of nitrogens with zero attached hydrogens (tertiary/aromatic N) is 5. The first-order valence-electron chi connectivity index (χ1n) is 22.2. The monoisotopic (exact) mass is 885 g/mol. The third-order valence-electron chi connectivity index (χ3n) is 12.4. The summed E-state index contributed by atoms with van der Waals surface area (Å²) >= 11 is 1.32. The van der Waals surface area contributed by atoms with Gasteiger partial charge in [-0.2, -0.15) is 0 Å². The number of rotatable bonds is 24. The van der Waals surface area contributed by atoms with Gasteiger partial charge in [-0.05, 0) is 56.7 Å². The van der Waals surface area contributed by atoms with Gasteiger partial charge in [0, 0.05) is 53.3 Å². The van der Waals surface area contributed by atoms with Crippen molar-refractivity contribution in [3.05, 3.63) is 52.0 Å². The first-order chi connectivity index (χ1) is 29.3. The lowest BCUT2D eigenvalue weighted by molar-refractivity contribution is -0.148. The maximum Gasteiger partial charge on any atom is 0.273 e. The van der Waals surface area contributed by atoms with Gasteiger partial charge in [0.1, 0.15) is 16.7 Å². The lowest BCUT2D eigenvalue weighted by atomic mass is 9.89. The highest BCUT2D eigenvalue weighted by atomic mass is 32.1. The van der Waals surface area contributed by atoms with Crippen molar-refractivity contribution in [3.8, 4) is 0 Å². The van der Waals surface area contributed by atoms with Crippen LogP contribution in [0.2, 0.25) is 0 Å². The molecule has 1 saturated heterocycles. The second kappa shape index (κ2) is 24.8. The van der Waals surface area contributed by atoms with E-state index in [4.69, 9.17) is 15.2 Å². The van der Waals surface area contributed by atoms with E-state index in [1.54, 1.807) is 38.6 Å². The molecule has 1 aromatic carbocycles. The molecule has 4 N–H and O–H groups in total. The van der Waals surface area contributed by atoms with Crippen molar-refractivity contribution in [2.24, 2.45) is 29.4 Å². The maximum absolute atomic E-state index is 14.4. The van der Waals surface area contributed by atoms with Crippen molar-refractivity contribution in [1.29, 1.82) is 0 Å². The molecule has 16 heteroatoms. The zero-order valence-electron chi connectivity index (χ0n) is 39.6. The molecule has 15 nitrogen and oxygen atoms in total. The molecule has 1 aliphatic rings. The number of amides is 5. The van der Waals surface area contributed by atoms with Gasteiger partial charge < -0.3 is 40.5 Å². The summed E-state index contributed by atoms with van der Waals surface area (Å²) in [6.45, 7) is 14.9. The van der Waals surface area contributed by atoms with Crippen LogP contribution >= 0.6 is 11.3 Å². The van der Waals surface area contributed by atoms with Gasteiger partial charge in [0.2, 0.25) is 23.6 Å². The molecule has 0 aliphatic carbocycles. The van der Waals surface area contributed by atoms with Crippen LogP contribution in [-0.2, 0) is 35.1 Å². The zero-order valence-corrected chi connectivity index (χ0v) is 40.4. The Balaban J connectivity index is 1.83. The van der Waals surface area contributed by atoms with Gasteiger partial charge in [0.25, 0.3) is 5.91 Å². The molecule has 1 aromatic heterocycles. The van der Waals surface area contributed by atoms with E-state index in [1.807, 2.05) is 103 Å². The summed E-state index contributed by atoms with van der Waals surface area (Å²) in [6.07, 6.45) is 1.30. The highest BCUT2D eigenvalue weighted by Gasteiger charge is 2.43. The molecule has 62 heavy (non-hydrogen) atoms. The van der Waals surface area contributed by atoms with Crippen molar-refractivity contribution in [2.45, 2.75) is 123 Å². The van der Waals surface area contributed by atoms with Crippen LogP contribution in [0.15, 0.2) is 35.7 Å². The maximum atomic E-state index is 14.4. The smallest absolute Gasteiger partial charge is 0.273 e. The number of carbonyl (C=O) groups excluding carboxylic acids is 5. The van der Waals surface area contributed by atoms with Gasteiger partial charge in [-0.15, -0.1) is 11.3 Å². The summed E-state index contributed by atoms with van der Waals surface area (Å²) in [5.74, 6) is -1.95. The SMILES string of the molecule is CC[C@H](C)[C@@H]([C@@H](CC(=O)N1CCC[C@H]1[C@H](OC)[C@@H](C)C(=O)N[C@@H](Cc1ccccc1)c1nc(C(=O)N(C)CCN)cs1)OC)N(C)C(=O)[C@@H](NC(=O)C(C(C)C)N(C)C)C(C)C. The van der Waals surface area contributed by atoms with Gasteiger partial charge in [0.05, 0.1) is 48.7 Å². The molecule has 0 saturated carbocycles. The van der Waals surface area contributed by atoms with Crippen LogP contribution in [0.25, 0.3) is 0 Å². The van der Waals surface area contributed by atoms with Gasteiger partial charge >= 0.3 is 0 Å². The van der Waals surface area contributed by atoms with Crippen LogP contribution in [0.5, 0.6) is 0 Å². The van der Waals surface area contributed by atoms with Crippen LogP contribution in [-0.4, -0.2) is 153 Å². The average Bonchev–Trinajstić information content (AvgIpc) is 3.93. The van der Waals surface area contributed by atoms with E-state index in [-0.39, 0.29) is 59.8 Å². The summed E-state index contributed by atoms with van der Waals surface area (Å²) in [6, 6.07) is 7.22. The fourth-order valence-electron chi connectivity index (χ4n) is 8.80. The Labute approximate surface area is 374 Å². The number of nitrogens with two attached hydrogens (primary N) is 1. The number of benzene rings is 1. The molecular weight excluding hydrogens is 809 g/mol. The normalized spacial score (nSPS) is 18.1. The number of hydrogen-bond donors (Lipinski definition) is 3. The summed E-state index contributed by atoms with van der Waals surface area (Å²) in [5.41, 5.74) is 6.97. The Hall–Kier alpha value is -3.96. The summed E-state index contributed by atoms with van der Waals surface area (Å²) in [4.78, 5) is 81.1. The van der Waals surface area contributed by atoms with Crippen LogP contribution in [0, 0.1) is 23.7 Å². The number of aromatic nitrogens is 1. The molecule has 1 fully saturated rings. The first-order valence-corrected chi connectivity index (χ1v) is 23.0. The van der Waals surface area contributed by atoms with Crippen LogP contribution in [0.4, 0.5) is 0 Å². The zero-order chi connectivity index (χ0) is 46.4. The Bertz CT molecular complexity index is 1730. The Morgan fingerprint density at radius 2 is 1.60 bits per heavy atom. The number of ether oxygens (including phenoxy) is 2. The van der Waals surface area contributed by atoms with Crippen molar-refractivity contribution in [2.75, 3.05) is 62.0 Å². The van der Waals surface area contributed by atoms with Crippen molar-refractivity contribution >= 4 is 40.9 Å². The lowest BCUT2D eigenvalue weighted by Gasteiger charge is -2.41. The average molecular weight is 885 g/mol. The van der Waals surface area contributed by atoms with E-state index in [0.29, 0.717) is 43.2 Å². The third-order valence-corrected chi connectivity index (χ3v) is 13.4. The Morgan fingerprint density at radius 1 is 0.935 bits per heavy atom. The third kappa shape index (κ3) is 13.5. The number of carbonyl (C=O) groups is 5. The van der Waals surface area contributed by atoms with Gasteiger partial charge in [-0.1, -0.05) is 85.2 Å². The lowest BCUT2D eigenvalue weighted by Crippen LogP contribution is -2.59. The highest BCUT2D eigenvalue weighted by Crippen LogP contribution is 2.31. The minimum atomic E-state index is -0.776. The molecule has 0 bridgehead atoms. The number of methoxy groups -OCH3 is 2. The fourth-order valence-corrected chi connectivity index (χ4v) is 9.64. The molecule has 5 amide bonds. The van der Waals surface area contributed by atoms with E-state index >= 15 is 0 Å². The number of hydrogen-bond acceptors (Lipinski definition) is 11. The minimum Gasteiger partial charge on any atom is -0.379 e. The van der Waals surface area contributed by atoms with E-state index in [0.717, 1.165) is 18.4 Å². The van der Waals surface area contributed by atoms with Crippen LogP contribution < -0.4 is 16.4 Å². The van der Waals surface area contributed by atoms with E-state index in [2.05, 4.69) is 15.6 Å². The number of likely N-dealkylation sites (tertiary alicyclic amines) is 1. The number of likely N-dealkylation sites (N-methyl/N-ethyl adjacent to an activating group) is 3. The number of thiazole rings is 1. The van der Waals surface area contributed by atoms with Gasteiger partial charge in [-0.3, -0.25) is 28.9 Å². The minimum absolute atomic E-state index is 0.0100. The molecule has 3 rings (SSSR count). The van der Waals surface area contributed by atoms with Crippen molar-refractivity contribution in [1.82, 2.24) is 35.2 Å². The summed E-state index contributed by atoms with van der Waals surface area (Å²) in [7, 11) is 10.3. The predicted octanol–water partition coefficient (Wildman–Crippen LogP) is 4.22. The molecule has 348 valence electrons. The molecule has 2 heterocycles. The summed E-state index contributed by atoms with van der Waals surface area (Å²) < 4.78 is 12.1. The summed E-state index contributed by atoms with van der Waals surface area (Å²) in [5, 5.41) is 8.57. The molecule has 2 aromatic rings. The molecular formula is C46H76N8O7S. The molecule has 0 radical (unpaired) electrons. The van der Waals surface area contributed by atoms with E-state index in [1.165, 1.54) is 16.2 Å².